The highest BCUT2D eigenvalue weighted by atomic mass is 35.5. The van der Waals surface area contributed by atoms with Crippen LogP contribution >= 0.6 is 37.4 Å². The van der Waals surface area contributed by atoms with Gasteiger partial charge in [-0.25, -0.2) is 0 Å². The molecule has 0 spiro atoms. The first-order valence-corrected chi connectivity index (χ1v) is 2.27. The highest BCUT2D eigenvalue weighted by Gasteiger charge is 1.80. The summed E-state index contributed by atoms with van der Waals surface area (Å²) < 4.78 is 0. The van der Waals surface area contributed by atoms with Crippen molar-refractivity contribution in [2.24, 2.45) is 5.73 Å². The van der Waals surface area contributed by atoms with Crippen molar-refractivity contribution in [3.05, 3.63) is 0 Å². The van der Waals surface area contributed by atoms with E-state index in [-0.39, 0.29) is 30.9 Å². The van der Waals surface area contributed by atoms with Crippen LogP contribution in [-0.2, 0) is 0 Å². The molecule has 0 fully saturated rings. The Hall–Kier alpha value is 0.890. The van der Waals surface area contributed by atoms with Gasteiger partial charge in [0.05, 0.1) is 0 Å². The van der Waals surface area contributed by atoms with Gasteiger partial charge in [-0.1, -0.05) is 0 Å². The zero-order valence-electron chi connectivity index (χ0n) is 4.13. The van der Waals surface area contributed by atoms with Crippen LogP contribution in [0.1, 0.15) is 6.92 Å². The molecule has 0 heterocycles. The van der Waals surface area contributed by atoms with Crippen LogP contribution in [0.4, 0.5) is 0 Å². The summed E-state index contributed by atoms with van der Waals surface area (Å²) in [6.07, 6.45) is 0. The van der Waals surface area contributed by atoms with Crippen LogP contribution in [0.15, 0.2) is 0 Å². The van der Waals surface area contributed by atoms with Gasteiger partial charge in [-0.3, -0.25) is 0 Å². The normalized spacial score (nSPS) is 10.7. The summed E-state index contributed by atoms with van der Waals surface area (Å²) in [4.78, 5) is 0. The molecule has 1 unspecified atom stereocenters. The summed E-state index contributed by atoms with van der Waals surface area (Å²) >= 11 is 3.89. The Kier molecular flexibility index (Phi) is 22.4. The molecule has 0 aliphatic carbocycles. The zero-order valence-corrected chi connectivity index (χ0v) is 6.65. The number of halogens is 2. The minimum absolute atomic E-state index is 0. The minimum atomic E-state index is 0. The maximum atomic E-state index is 5.22. The molecule has 0 aromatic carbocycles. The largest absolute Gasteiger partial charge is 0.327 e. The molecule has 1 atom stereocenters. The van der Waals surface area contributed by atoms with E-state index in [0.717, 1.165) is 5.75 Å². The highest BCUT2D eigenvalue weighted by molar-refractivity contribution is 7.80. The Labute approximate surface area is 62.3 Å². The standard InChI is InChI=1S/C3H9NS.2ClH/c1-3(4)2-5;;/h3,5H,2,4H2,1H3;2*1H. The summed E-state index contributed by atoms with van der Waals surface area (Å²) in [6.45, 7) is 1.92. The van der Waals surface area contributed by atoms with E-state index < -0.39 is 0 Å². The first-order chi connectivity index (χ1) is 2.27. The number of rotatable bonds is 1. The Morgan fingerprint density at radius 1 is 1.57 bits per heavy atom. The second-order valence-electron chi connectivity index (χ2n) is 1.16. The van der Waals surface area contributed by atoms with Crippen LogP contribution in [0.2, 0.25) is 0 Å². The molecule has 0 aromatic rings. The van der Waals surface area contributed by atoms with Crippen LogP contribution in [0, 0.1) is 0 Å². The van der Waals surface area contributed by atoms with Gasteiger partial charge in [-0.05, 0) is 6.92 Å². The molecule has 4 heteroatoms. The fourth-order valence-electron chi connectivity index (χ4n) is 0. The first kappa shape index (κ1) is 15.7. The van der Waals surface area contributed by atoms with Crippen molar-refractivity contribution in [2.75, 3.05) is 5.75 Å². The third-order valence-corrected chi connectivity index (χ3v) is 0.864. The van der Waals surface area contributed by atoms with Crippen molar-refractivity contribution in [1.29, 1.82) is 0 Å². The van der Waals surface area contributed by atoms with Gasteiger partial charge >= 0.3 is 0 Å². The van der Waals surface area contributed by atoms with Crippen LogP contribution < -0.4 is 5.73 Å². The third-order valence-electron chi connectivity index (χ3n) is 0.288. The Balaban J connectivity index is -0.0000000800. The SMILES string of the molecule is CC(N)CS.Cl.Cl. The molecular weight excluding hydrogens is 153 g/mol. The van der Waals surface area contributed by atoms with Crippen molar-refractivity contribution >= 4 is 37.4 Å². The van der Waals surface area contributed by atoms with Crippen molar-refractivity contribution in [3.63, 3.8) is 0 Å². The van der Waals surface area contributed by atoms with E-state index in [1.165, 1.54) is 0 Å². The lowest BCUT2D eigenvalue weighted by Gasteiger charge is -1.91. The van der Waals surface area contributed by atoms with Gasteiger partial charge in [0.2, 0.25) is 0 Å². The molecule has 0 saturated carbocycles. The van der Waals surface area contributed by atoms with Gasteiger partial charge in [0.1, 0.15) is 0 Å². The summed E-state index contributed by atoms with van der Waals surface area (Å²) in [6, 6.07) is 0.248. The Morgan fingerprint density at radius 2 is 1.71 bits per heavy atom. The van der Waals surface area contributed by atoms with Gasteiger partial charge in [0.25, 0.3) is 0 Å². The first-order valence-electron chi connectivity index (χ1n) is 1.64. The van der Waals surface area contributed by atoms with E-state index in [2.05, 4.69) is 12.6 Å². The smallest absolute Gasteiger partial charge is 0.00989 e. The van der Waals surface area contributed by atoms with Crippen molar-refractivity contribution in [3.8, 4) is 0 Å². The molecule has 0 amide bonds. The van der Waals surface area contributed by atoms with Crippen molar-refractivity contribution < 1.29 is 0 Å². The zero-order chi connectivity index (χ0) is 4.28. The molecule has 7 heavy (non-hydrogen) atoms. The lowest BCUT2D eigenvalue weighted by Crippen LogP contribution is -2.15. The summed E-state index contributed by atoms with van der Waals surface area (Å²) in [5.74, 6) is 0.778. The maximum absolute atomic E-state index is 5.22. The Bertz CT molecular complexity index is 26.9. The summed E-state index contributed by atoms with van der Waals surface area (Å²) in [5, 5.41) is 0. The Morgan fingerprint density at radius 3 is 1.71 bits per heavy atom. The average Bonchev–Trinajstić information content (AvgIpc) is 1.38. The number of hydrogen-bond donors (Lipinski definition) is 2. The van der Waals surface area contributed by atoms with E-state index in [1.807, 2.05) is 6.92 Å². The summed E-state index contributed by atoms with van der Waals surface area (Å²) in [7, 11) is 0. The molecule has 48 valence electrons. The molecule has 2 N–H and O–H groups in total. The van der Waals surface area contributed by atoms with E-state index in [4.69, 9.17) is 5.73 Å². The molecule has 0 radical (unpaired) electrons. The lowest BCUT2D eigenvalue weighted by atomic mass is 10.4. The molecule has 0 saturated heterocycles. The molecule has 0 rings (SSSR count). The monoisotopic (exact) mass is 163 g/mol. The van der Waals surface area contributed by atoms with Crippen LogP contribution in [0.5, 0.6) is 0 Å². The lowest BCUT2D eigenvalue weighted by molar-refractivity contribution is 0.850. The molecule has 0 bridgehead atoms. The number of hydrogen-bond acceptors (Lipinski definition) is 2. The predicted octanol–water partition coefficient (Wildman–Crippen LogP) is 1.11. The summed E-state index contributed by atoms with van der Waals surface area (Å²) in [5.41, 5.74) is 5.22. The van der Waals surface area contributed by atoms with Gasteiger partial charge < -0.3 is 5.73 Å². The van der Waals surface area contributed by atoms with Crippen LogP contribution in [0.3, 0.4) is 0 Å². The van der Waals surface area contributed by atoms with E-state index in [1.54, 1.807) is 0 Å². The van der Waals surface area contributed by atoms with Gasteiger partial charge in [-0.2, -0.15) is 12.6 Å². The minimum Gasteiger partial charge on any atom is -0.327 e. The van der Waals surface area contributed by atoms with Crippen LogP contribution in [0.25, 0.3) is 0 Å². The molecule has 0 aliphatic rings. The van der Waals surface area contributed by atoms with Gasteiger partial charge in [-0.15, -0.1) is 24.8 Å². The molecular formula is C3H11Cl2NS. The topological polar surface area (TPSA) is 26.0 Å². The fraction of sp³-hybridized carbons (Fsp3) is 1.00. The molecule has 0 aliphatic heterocycles. The fourth-order valence-corrected chi connectivity index (χ4v) is 0. The maximum Gasteiger partial charge on any atom is 0.00989 e. The third kappa shape index (κ3) is 19.7. The van der Waals surface area contributed by atoms with Crippen molar-refractivity contribution in [1.82, 2.24) is 0 Å². The van der Waals surface area contributed by atoms with Gasteiger partial charge in [0, 0.05) is 11.8 Å². The van der Waals surface area contributed by atoms with E-state index in [0.29, 0.717) is 0 Å². The highest BCUT2D eigenvalue weighted by Crippen LogP contribution is 1.75. The second-order valence-corrected chi connectivity index (χ2v) is 1.53. The molecule has 1 nitrogen and oxygen atoms in total. The predicted molar refractivity (Wildman–Crippen MR) is 42.0 cm³/mol. The second kappa shape index (κ2) is 10.00. The quantitative estimate of drug-likeness (QED) is 0.558. The molecule has 0 aromatic heterocycles. The van der Waals surface area contributed by atoms with Gasteiger partial charge in [0.15, 0.2) is 0 Å². The van der Waals surface area contributed by atoms with E-state index >= 15 is 0 Å². The van der Waals surface area contributed by atoms with E-state index in [9.17, 15) is 0 Å². The number of nitrogens with two attached hydrogens (primary N) is 1. The van der Waals surface area contributed by atoms with Crippen molar-refractivity contribution in [2.45, 2.75) is 13.0 Å². The number of thiol groups is 1. The average molecular weight is 164 g/mol. The van der Waals surface area contributed by atoms with Crippen LogP contribution in [-0.4, -0.2) is 11.8 Å².